The molecular formula is C20H20ClN3O. The number of aryl methyl sites for hydroxylation is 1. The fraction of sp³-hybridized carbons (Fsp3) is 0.250. The number of aromatic nitrogens is 1. The molecule has 0 amide bonds. The summed E-state index contributed by atoms with van der Waals surface area (Å²) in [4.78, 5) is 0. The molecule has 2 unspecified atom stereocenters. The molecule has 0 radical (unpaired) electrons. The largest absolute Gasteiger partial charge is 0.373 e. The molecule has 0 saturated carbocycles. The maximum absolute atomic E-state index is 9.83. The van der Waals surface area contributed by atoms with E-state index in [1.165, 1.54) is 0 Å². The van der Waals surface area contributed by atoms with Crippen molar-refractivity contribution in [1.29, 1.82) is 5.26 Å². The molecule has 25 heavy (non-hydrogen) atoms. The summed E-state index contributed by atoms with van der Waals surface area (Å²) in [5.74, 6) is 0.377. The molecule has 3 N–H and O–H groups in total. The number of hydrogen-bond acceptors (Lipinski definition) is 3. The van der Waals surface area contributed by atoms with Crippen molar-refractivity contribution in [2.75, 3.05) is 0 Å². The van der Waals surface area contributed by atoms with E-state index >= 15 is 0 Å². The maximum atomic E-state index is 9.83. The van der Waals surface area contributed by atoms with Gasteiger partial charge in [-0.3, -0.25) is 0 Å². The molecule has 1 aliphatic rings. The zero-order chi connectivity index (χ0) is 18.1. The minimum atomic E-state index is -1.08. The third-order valence-electron chi connectivity index (χ3n) is 4.49. The van der Waals surface area contributed by atoms with E-state index in [2.05, 4.69) is 19.1 Å². The van der Waals surface area contributed by atoms with Crippen molar-refractivity contribution in [1.82, 2.24) is 4.57 Å². The molecule has 5 heteroatoms. The van der Waals surface area contributed by atoms with Gasteiger partial charge in [0.2, 0.25) is 0 Å². The number of aliphatic hydroxyl groups excluding tert-OH is 1. The highest BCUT2D eigenvalue weighted by atomic mass is 35.5. The van der Waals surface area contributed by atoms with Crippen LogP contribution in [-0.4, -0.2) is 9.67 Å². The van der Waals surface area contributed by atoms with Crippen molar-refractivity contribution in [2.24, 2.45) is 18.7 Å². The Bertz CT molecular complexity index is 957. The van der Waals surface area contributed by atoms with Crippen LogP contribution in [0, 0.1) is 17.2 Å². The second kappa shape index (κ2) is 6.89. The van der Waals surface area contributed by atoms with Gasteiger partial charge in [-0.2, -0.15) is 5.26 Å². The van der Waals surface area contributed by atoms with Crippen LogP contribution in [0.3, 0.4) is 0 Å². The number of benzene rings is 1. The highest BCUT2D eigenvalue weighted by Gasteiger charge is 2.17. The maximum Gasteiger partial charge on any atom is 0.143 e. The Hall–Kier alpha value is -2.32. The average Bonchev–Trinajstić information content (AvgIpc) is 2.91. The molecule has 1 aromatic heterocycles. The molecule has 2 aromatic rings. The Balaban J connectivity index is 2.32. The fourth-order valence-corrected chi connectivity index (χ4v) is 3.37. The van der Waals surface area contributed by atoms with Crippen LogP contribution in [0.5, 0.6) is 0 Å². The van der Waals surface area contributed by atoms with E-state index in [0.29, 0.717) is 22.2 Å². The van der Waals surface area contributed by atoms with Gasteiger partial charge < -0.3 is 15.4 Å². The number of halogens is 1. The number of aliphatic hydroxyl groups is 1. The Morgan fingerprint density at radius 2 is 2.16 bits per heavy atom. The molecule has 0 aliphatic heterocycles. The van der Waals surface area contributed by atoms with E-state index in [0.717, 1.165) is 28.5 Å². The number of allylic oxidation sites excluding steroid dienone is 6. The minimum absolute atomic E-state index is 0.377. The number of nitrogens with zero attached hydrogens (tertiary/aromatic N) is 2. The Morgan fingerprint density at radius 3 is 2.84 bits per heavy atom. The van der Waals surface area contributed by atoms with Crippen molar-refractivity contribution in [2.45, 2.75) is 19.6 Å². The van der Waals surface area contributed by atoms with E-state index < -0.39 is 6.23 Å². The second-order valence-corrected chi connectivity index (χ2v) is 6.84. The number of rotatable bonds is 2. The average molecular weight is 354 g/mol. The van der Waals surface area contributed by atoms with Gasteiger partial charge in [-0.15, -0.1) is 0 Å². The zero-order valence-electron chi connectivity index (χ0n) is 14.2. The molecule has 0 saturated heterocycles. The van der Waals surface area contributed by atoms with E-state index in [9.17, 15) is 10.4 Å². The lowest BCUT2D eigenvalue weighted by Gasteiger charge is -2.13. The minimum Gasteiger partial charge on any atom is -0.373 e. The lowest BCUT2D eigenvalue weighted by Crippen LogP contribution is -2.12. The van der Waals surface area contributed by atoms with Crippen LogP contribution in [0.25, 0.3) is 16.5 Å². The first-order valence-electron chi connectivity index (χ1n) is 8.13. The summed E-state index contributed by atoms with van der Waals surface area (Å²) in [6, 6.07) is 7.67. The van der Waals surface area contributed by atoms with Crippen LogP contribution in [0.4, 0.5) is 0 Å². The first-order chi connectivity index (χ1) is 11.9. The topological polar surface area (TPSA) is 75.0 Å². The highest BCUT2D eigenvalue weighted by molar-refractivity contribution is 6.31. The predicted octanol–water partition coefficient (Wildman–Crippen LogP) is 4.10. The third kappa shape index (κ3) is 3.40. The van der Waals surface area contributed by atoms with Crippen molar-refractivity contribution in [3.8, 4) is 6.07 Å². The summed E-state index contributed by atoms with van der Waals surface area (Å²) >= 11 is 6.34. The summed E-state index contributed by atoms with van der Waals surface area (Å²) < 4.78 is 1.87. The lowest BCUT2D eigenvalue weighted by molar-refractivity contribution is 0.178. The normalized spacial score (nSPS) is 19.0. The molecule has 1 aliphatic carbocycles. The van der Waals surface area contributed by atoms with Gasteiger partial charge in [0.25, 0.3) is 0 Å². The quantitative estimate of drug-likeness (QED) is 0.798. The lowest BCUT2D eigenvalue weighted by atomic mass is 9.96. The van der Waals surface area contributed by atoms with Gasteiger partial charge in [0.1, 0.15) is 6.23 Å². The number of nitriles is 1. The summed E-state index contributed by atoms with van der Waals surface area (Å²) in [6.45, 7) is 2.13. The van der Waals surface area contributed by atoms with E-state index in [-0.39, 0.29) is 0 Å². The molecule has 1 aromatic carbocycles. The van der Waals surface area contributed by atoms with Gasteiger partial charge >= 0.3 is 0 Å². The predicted molar refractivity (Wildman–Crippen MR) is 102 cm³/mol. The van der Waals surface area contributed by atoms with Gasteiger partial charge in [-0.1, -0.05) is 36.8 Å². The van der Waals surface area contributed by atoms with Crippen molar-refractivity contribution >= 4 is 28.1 Å². The molecule has 3 rings (SSSR count). The van der Waals surface area contributed by atoms with Crippen LogP contribution in [0.1, 0.15) is 36.4 Å². The molecule has 0 fully saturated rings. The second-order valence-electron chi connectivity index (χ2n) is 6.41. The molecule has 0 spiro atoms. The van der Waals surface area contributed by atoms with Crippen LogP contribution in [0.2, 0.25) is 0 Å². The summed E-state index contributed by atoms with van der Waals surface area (Å²) in [5, 5.41) is 20.8. The fourth-order valence-electron chi connectivity index (χ4n) is 3.16. The Morgan fingerprint density at radius 1 is 1.40 bits per heavy atom. The van der Waals surface area contributed by atoms with Crippen molar-refractivity contribution < 1.29 is 5.11 Å². The van der Waals surface area contributed by atoms with Gasteiger partial charge in [-0.25, -0.2) is 0 Å². The first-order valence-corrected chi connectivity index (χ1v) is 8.51. The summed E-state index contributed by atoms with van der Waals surface area (Å²) in [6.07, 6.45) is 7.90. The first kappa shape index (κ1) is 17.5. The number of hydrogen-bond donors (Lipinski definition) is 2. The number of nitrogens with two attached hydrogens (primary N) is 1. The number of fused-ring (bicyclic) bond motifs is 1. The van der Waals surface area contributed by atoms with Crippen molar-refractivity contribution in [3.05, 3.63) is 64.4 Å². The summed E-state index contributed by atoms with van der Waals surface area (Å²) in [7, 11) is 1.86. The molecule has 1 heterocycles. The van der Waals surface area contributed by atoms with Crippen LogP contribution < -0.4 is 5.73 Å². The van der Waals surface area contributed by atoms with Gasteiger partial charge in [0.15, 0.2) is 0 Å². The van der Waals surface area contributed by atoms with Crippen LogP contribution >= 0.6 is 11.6 Å². The van der Waals surface area contributed by atoms with Gasteiger partial charge in [0.05, 0.1) is 22.8 Å². The van der Waals surface area contributed by atoms with E-state index in [1.54, 1.807) is 6.07 Å². The van der Waals surface area contributed by atoms with E-state index in [4.69, 9.17) is 17.3 Å². The molecular weight excluding hydrogens is 334 g/mol. The molecule has 128 valence electrons. The molecule has 0 bridgehead atoms. The van der Waals surface area contributed by atoms with Crippen LogP contribution in [-0.2, 0) is 7.05 Å². The summed E-state index contributed by atoms with van der Waals surface area (Å²) in [5.41, 5.74) is 9.54. The third-order valence-corrected chi connectivity index (χ3v) is 4.75. The Labute approximate surface area is 152 Å². The molecule has 2 atom stereocenters. The SMILES string of the molecule is CC1C=CC(c2cc(C#N)cc3cc(C(N)O)n(C)c23)=CC(Cl)=CC1. The zero-order valence-corrected chi connectivity index (χ0v) is 15.0. The van der Waals surface area contributed by atoms with Crippen LogP contribution in [0.15, 0.2) is 47.5 Å². The Kier molecular flexibility index (Phi) is 4.82. The van der Waals surface area contributed by atoms with Gasteiger partial charge in [0, 0.05) is 23.0 Å². The standard InChI is InChI=1S/C20H20ClN3O/c1-12-3-5-14(9-16(21)6-4-12)17-8-13(11-22)7-15-10-18(20(23)25)24(2)19(15)17/h3,5-10,12,20,25H,4,23H2,1-2H3. The smallest absolute Gasteiger partial charge is 0.143 e. The monoisotopic (exact) mass is 353 g/mol. The molecule has 4 nitrogen and oxygen atoms in total. The van der Waals surface area contributed by atoms with E-state index in [1.807, 2.05) is 42.0 Å². The van der Waals surface area contributed by atoms with Crippen molar-refractivity contribution in [3.63, 3.8) is 0 Å². The van der Waals surface area contributed by atoms with Gasteiger partial charge in [-0.05, 0) is 42.2 Å². The highest BCUT2D eigenvalue weighted by Crippen LogP contribution is 2.33.